The SMILES string of the molecule is CC(C)CC[C@H](N)c1cc(Br)ccc1O.Cl. The number of halogens is 2. The molecule has 0 spiro atoms. The topological polar surface area (TPSA) is 46.2 Å². The Morgan fingerprint density at radius 2 is 1.94 bits per heavy atom. The van der Waals surface area contributed by atoms with Crippen molar-refractivity contribution in [3.05, 3.63) is 28.2 Å². The van der Waals surface area contributed by atoms with Crippen molar-refractivity contribution in [1.29, 1.82) is 0 Å². The number of nitrogens with two attached hydrogens (primary N) is 1. The average molecular weight is 309 g/mol. The van der Waals surface area contributed by atoms with Crippen molar-refractivity contribution >= 4 is 28.3 Å². The lowest BCUT2D eigenvalue weighted by atomic mass is 9.98. The summed E-state index contributed by atoms with van der Waals surface area (Å²) in [5.74, 6) is 0.930. The van der Waals surface area contributed by atoms with Crippen molar-refractivity contribution in [2.75, 3.05) is 0 Å². The number of phenolic OH excluding ortho intramolecular Hbond substituents is 1. The molecule has 0 saturated heterocycles. The van der Waals surface area contributed by atoms with Gasteiger partial charge in [-0.05, 0) is 37.0 Å². The van der Waals surface area contributed by atoms with Gasteiger partial charge in [0.25, 0.3) is 0 Å². The molecule has 0 aliphatic carbocycles. The molecule has 0 aliphatic rings. The number of phenols is 1. The highest BCUT2D eigenvalue weighted by molar-refractivity contribution is 9.10. The third kappa shape index (κ3) is 4.73. The van der Waals surface area contributed by atoms with E-state index in [-0.39, 0.29) is 24.2 Å². The Bertz CT molecular complexity index is 331. The van der Waals surface area contributed by atoms with E-state index >= 15 is 0 Å². The van der Waals surface area contributed by atoms with Crippen molar-refractivity contribution in [2.24, 2.45) is 11.7 Å². The number of rotatable bonds is 4. The molecular weight excluding hydrogens is 289 g/mol. The van der Waals surface area contributed by atoms with Crippen molar-refractivity contribution in [3.63, 3.8) is 0 Å². The Morgan fingerprint density at radius 3 is 2.50 bits per heavy atom. The molecule has 0 unspecified atom stereocenters. The molecule has 0 heterocycles. The van der Waals surface area contributed by atoms with Gasteiger partial charge in [-0.25, -0.2) is 0 Å². The van der Waals surface area contributed by atoms with Crippen LogP contribution in [-0.2, 0) is 0 Å². The summed E-state index contributed by atoms with van der Waals surface area (Å²) in [6.07, 6.45) is 1.98. The van der Waals surface area contributed by atoms with Gasteiger partial charge in [0.05, 0.1) is 0 Å². The number of hydrogen-bond donors (Lipinski definition) is 2. The summed E-state index contributed by atoms with van der Waals surface area (Å²) in [7, 11) is 0. The second-order valence-corrected chi connectivity index (χ2v) is 5.20. The normalized spacial score (nSPS) is 12.3. The number of hydrogen-bond acceptors (Lipinski definition) is 2. The Morgan fingerprint density at radius 1 is 1.31 bits per heavy atom. The van der Waals surface area contributed by atoms with E-state index in [0.29, 0.717) is 5.92 Å². The van der Waals surface area contributed by atoms with Gasteiger partial charge >= 0.3 is 0 Å². The zero-order valence-electron chi connectivity index (χ0n) is 9.61. The summed E-state index contributed by atoms with van der Waals surface area (Å²) in [5.41, 5.74) is 6.86. The summed E-state index contributed by atoms with van der Waals surface area (Å²) in [6.45, 7) is 4.35. The fourth-order valence-electron chi connectivity index (χ4n) is 1.49. The number of aromatic hydroxyl groups is 1. The van der Waals surface area contributed by atoms with Crippen molar-refractivity contribution in [3.8, 4) is 5.75 Å². The quantitative estimate of drug-likeness (QED) is 0.882. The maximum absolute atomic E-state index is 9.67. The zero-order valence-corrected chi connectivity index (χ0v) is 12.0. The summed E-state index contributed by atoms with van der Waals surface area (Å²) < 4.78 is 0.954. The van der Waals surface area contributed by atoms with Gasteiger partial charge < -0.3 is 10.8 Å². The fourth-order valence-corrected chi connectivity index (χ4v) is 1.87. The van der Waals surface area contributed by atoms with Crippen LogP contribution in [0, 0.1) is 5.92 Å². The first-order valence-corrected chi connectivity index (χ1v) is 6.04. The average Bonchev–Trinajstić information content (AvgIpc) is 2.18. The van der Waals surface area contributed by atoms with Crippen LogP contribution in [0.1, 0.15) is 38.3 Å². The molecule has 16 heavy (non-hydrogen) atoms. The minimum atomic E-state index is -0.0788. The smallest absolute Gasteiger partial charge is 0.120 e. The van der Waals surface area contributed by atoms with Gasteiger partial charge in [0, 0.05) is 16.1 Å². The van der Waals surface area contributed by atoms with E-state index in [0.717, 1.165) is 22.9 Å². The van der Waals surface area contributed by atoms with Gasteiger partial charge in [-0.1, -0.05) is 29.8 Å². The summed E-state index contributed by atoms with van der Waals surface area (Å²) >= 11 is 3.38. The molecule has 4 heteroatoms. The minimum Gasteiger partial charge on any atom is -0.508 e. The first-order chi connectivity index (χ1) is 7.00. The van der Waals surface area contributed by atoms with Gasteiger partial charge in [0.2, 0.25) is 0 Å². The van der Waals surface area contributed by atoms with Crippen LogP contribution in [0.4, 0.5) is 0 Å². The van der Waals surface area contributed by atoms with E-state index in [4.69, 9.17) is 5.73 Å². The third-order valence-corrected chi connectivity index (χ3v) is 2.94. The van der Waals surface area contributed by atoms with Gasteiger partial charge in [-0.3, -0.25) is 0 Å². The Hall–Kier alpha value is -0.250. The van der Waals surface area contributed by atoms with Crippen LogP contribution >= 0.6 is 28.3 Å². The highest BCUT2D eigenvalue weighted by atomic mass is 79.9. The van der Waals surface area contributed by atoms with Crippen LogP contribution in [-0.4, -0.2) is 5.11 Å². The first-order valence-electron chi connectivity index (χ1n) is 5.24. The van der Waals surface area contributed by atoms with Crippen molar-refractivity contribution in [2.45, 2.75) is 32.7 Å². The lowest BCUT2D eigenvalue weighted by Crippen LogP contribution is -2.11. The standard InChI is InChI=1S/C12H18BrNO.ClH/c1-8(2)3-5-11(14)10-7-9(13)4-6-12(10)15;/h4,6-8,11,15H,3,5,14H2,1-2H3;1H/t11-;/m0./s1. The van der Waals surface area contributed by atoms with E-state index in [2.05, 4.69) is 29.8 Å². The lowest BCUT2D eigenvalue weighted by molar-refractivity contribution is 0.448. The molecule has 1 aromatic carbocycles. The van der Waals surface area contributed by atoms with Crippen LogP contribution in [0.2, 0.25) is 0 Å². The van der Waals surface area contributed by atoms with Gasteiger partial charge in [-0.15, -0.1) is 12.4 Å². The maximum atomic E-state index is 9.67. The Balaban J connectivity index is 0.00000225. The molecule has 0 saturated carbocycles. The second-order valence-electron chi connectivity index (χ2n) is 4.28. The maximum Gasteiger partial charge on any atom is 0.120 e. The molecule has 3 N–H and O–H groups in total. The molecule has 0 aromatic heterocycles. The van der Waals surface area contributed by atoms with Crippen molar-refractivity contribution in [1.82, 2.24) is 0 Å². The highest BCUT2D eigenvalue weighted by Gasteiger charge is 2.11. The predicted molar refractivity (Wildman–Crippen MR) is 74.1 cm³/mol. The molecule has 1 atom stereocenters. The predicted octanol–water partition coefficient (Wildman–Crippen LogP) is 4.01. The molecule has 1 aromatic rings. The Kier molecular flexibility index (Phi) is 7.04. The lowest BCUT2D eigenvalue weighted by Gasteiger charge is -2.15. The van der Waals surface area contributed by atoms with Crippen LogP contribution in [0.25, 0.3) is 0 Å². The number of benzene rings is 1. The molecule has 0 amide bonds. The Labute approximate surface area is 112 Å². The van der Waals surface area contributed by atoms with E-state index in [1.807, 2.05) is 12.1 Å². The fraction of sp³-hybridized carbons (Fsp3) is 0.500. The van der Waals surface area contributed by atoms with Crippen LogP contribution in [0.3, 0.4) is 0 Å². The molecule has 0 aliphatic heterocycles. The van der Waals surface area contributed by atoms with Gasteiger partial charge in [-0.2, -0.15) is 0 Å². The molecule has 0 fully saturated rings. The summed E-state index contributed by atoms with van der Waals surface area (Å²) in [4.78, 5) is 0. The highest BCUT2D eigenvalue weighted by Crippen LogP contribution is 2.29. The minimum absolute atomic E-state index is 0. The zero-order chi connectivity index (χ0) is 11.4. The largest absolute Gasteiger partial charge is 0.508 e. The third-order valence-electron chi connectivity index (χ3n) is 2.44. The molecule has 0 radical (unpaired) electrons. The molecule has 92 valence electrons. The molecule has 1 rings (SSSR count). The summed E-state index contributed by atoms with van der Waals surface area (Å²) in [5, 5.41) is 9.67. The molecular formula is C12H19BrClNO. The van der Waals surface area contributed by atoms with E-state index < -0.39 is 0 Å². The van der Waals surface area contributed by atoms with E-state index in [9.17, 15) is 5.11 Å². The first kappa shape index (κ1) is 15.8. The molecule has 2 nitrogen and oxygen atoms in total. The second kappa shape index (κ2) is 7.15. The van der Waals surface area contributed by atoms with Gasteiger partial charge in [0.1, 0.15) is 5.75 Å². The van der Waals surface area contributed by atoms with Crippen LogP contribution in [0.15, 0.2) is 22.7 Å². The monoisotopic (exact) mass is 307 g/mol. The van der Waals surface area contributed by atoms with Crippen LogP contribution in [0.5, 0.6) is 5.75 Å². The van der Waals surface area contributed by atoms with Crippen molar-refractivity contribution < 1.29 is 5.11 Å². The summed E-state index contributed by atoms with van der Waals surface area (Å²) in [6, 6.07) is 5.30. The van der Waals surface area contributed by atoms with Gasteiger partial charge in [0.15, 0.2) is 0 Å². The van der Waals surface area contributed by atoms with E-state index in [1.165, 1.54) is 0 Å². The molecule has 0 bridgehead atoms. The van der Waals surface area contributed by atoms with E-state index in [1.54, 1.807) is 6.07 Å². The van der Waals surface area contributed by atoms with Crippen LogP contribution < -0.4 is 5.73 Å².